The molecule has 3 rings (SSSR count). The summed E-state index contributed by atoms with van der Waals surface area (Å²) < 4.78 is 19.1. The van der Waals surface area contributed by atoms with Gasteiger partial charge in [-0.25, -0.2) is 4.39 Å². The van der Waals surface area contributed by atoms with Gasteiger partial charge in [-0.2, -0.15) is 0 Å². The second kappa shape index (κ2) is 5.58. The van der Waals surface area contributed by atoms with Crippen molar-refractivity contribution < 1.29 is 8.81 Å². The van der Waals surface area contributed by atoms with E-state index < -0.39 is 0 Å². The molecule has 1 aliphatic carbocycles. The van der Waals surface area contributed by atoms with Crippen LogP contribution >= 0.6 is 0 Å². The highest BCUT2D eigenvalue weighted by Crippen LogP contribution is 2.22. The van der Waals surface area contributed by atoms with Gasteiger partial charge in [0.1, 0.15) is 5.82 Å². The lowest BCUT2D eigenvalue weighted by Gasteiger charge is -2.12. The summed E-state index contributed by atoms with van der Waals surface area (Å²) in [6.07, 6.45) is 2.42. The highest BCUT2D eigenvalue weighted by Gasteiger charge is 2.21. The van der Waals surface area contributed by atoms with Crippen LogP contribution in [0.15, 0.2) is 28.7 Å². The number of hydrogen-bond acceptors (Lipinski definition) is 5. The van der Waals surface area contributed by atoms with Crippen molar-refractivity contribution in [2.24, 2.45) is 0 Å². The van der Waals surface area contributed by atoms with E-state index in [9.17, 15) is 4.39 Å². The summed E-state index contributed by atoms with van der Waals surface area (Å²) in [6.45, 7) is 2.43. The minimum atomic E-state index is -0.248. The van der Waals surface area contributed by atoms with E-state index in [-0.39, 0.29) is 11.9 Å². The maximum atomic E-state index is 13.6. The average Bonchev–Trinajstić information content (AvgIpc) is 3.17. The smallest absolute Gasteiger partial charge is 0.315 e. The zero-order valence-electron chi connectivity index (χ0n) is 11.3. The zero-order chi connectivity index (χ0) is 13.9. The van der Waals surface area contributed by atoms with Gasteiger partial charge in [0.2, 0.25) is 5.89 Å². The first kappa shape index (κ1) is 13.1. The molecule has 2 N–H and O–H groups in total. The Morgan fingerprint density at radius 1 is 1.35 bits per heavy atom. The fraction of sp³-hybridized carbons (Fsp3) is 0.429. The molecule has 1 unspecified atom stereocenters. The van der Waals surface area contributed by atoms with E-state index in [0.29, 0.717) is 30.1 Å². The molecule has 106 valence electrons. The molecule has 1 aliphatic rings. The van der Waals surface area contributed by atoms with Gasteiger partial charge in [0.15, 0.2) is 0 Å². The van der Waals surface area contributed by atoms with E-state index in [1.807, 2.05) is 6.92 Å². The van der Waals surface area contributed by atoms with Crippen molar-refractivity contribution in [3.05, 3.63) is 41.5 Å². The summed E-state index contributed by atoms with van der Waals surface area (Å²) in [4.78, 5) is 0. The van der Waals surface area contributed by atoms with Crippen LogP contribution in [-0.4, -0.2) is 16.2 Å². The molecule has 2 aromatic rings. The fourth-order valence-corrected chi connectivity index (χ4v) is 1.99. The SMILES string of the molecule is CC(Nc1nnc(CNC2CC2)o1)c1ccccc1F. The van der Waals surface area contributed by atoms with Gasteiger partial charge in [-0.05, 0) is 25.8 Å². The van der Waals surface area contributed by atoms with Crippen molar-refractivity contribution in [3.8, 4) is 0 Å². The Kier molecular flexibility index (Phi) is 3.64. The molecule has 20 heavy (non-hydrogen) atoms. The second-order valence-corrected chi connectivity index (χ2v) is 5.04. The van der Waals surface area contributed by atoms with Crippen molar-refractivity contribution in [3.63, 3.8) is 0 Å². The molecule has 0 amide bonds. The third-order valence-corrected chi connectivity index (χ3v) is 3.30. The van der Waals surface area contributed by atoms with Crippen molar-refractivity contribution in [2.75, 3.05) is 5.32 Å². The Labute approximate surface area is 116 Å². The molecular formula is C14H17FN4O. The van der Waals surface area contributed by atoms with Gasteiger partial charge in [-0.15, -0.1) is 5.10 Å². The monoisotopic (exact) mass is 276 g/mol. The number of nitrogens with one attached hydrogen (secondary N) is 2. The highest BCUT2D eigenvalue weighted by atomic mass is 19.1. The molecule has 0 radical (unpaired) electrons. The van der Waals surface area contributed by atoms with Gasteiger partial charge in [-0.1, -0.05) is 23.3 Å². The van der Waals surface area contributed by atoms with Crippen LogP contribution < -0.4 is 10.6 Å². The second-order valence-electron chi connectivity index (χ2n) is 5.04. The first-order chi connectivity index (χ1) is 9.72. The lowest BCUT2D eigenvalue weighted by molar-refractivity contribution is 0.472. The van der Waals surface area contributed by atoms with E-state index in [4.69, 9.17) is 4.42 Å². The number of hydrogen-bond donors (Lipinski definition) is 2. The molecule has 0 saturated heterocycles. The minimum Gasteiger partial charge on any atom is -0.407 e. The van der Waals surface area contributed by atoms with E-state index >= 15 is 0 Å². The Morgan fingerprint density at radius 2 is 2.15 bits per heavy atom. The van der Waals surface area contributed by atoms with E-state index in [1.165, 1.54) is 18.9 Å². The summed E-state index contributed by atoms with van der Waals surface area (Å²) in [5.74, 6) is 0.294. The minimum absolute atomic E-state index is 0.235. The van der Waals surface area contributed by atoms with Gasteiger partial charge < -0.3 is 15.1 Å². The van der Waals surface area contributed by atoms with Gasteiger partial charge in [0, 0.05) is 11.6 Å². The number of halogens is 1. The Balaban J connectivity index is 1.60. The molecule has 1 aromatic carbocycles. The number of rotatable bonds is 6. The van der Waals surface area contributed by atoms with Gasteiger partial charge in [0.05, 0.1) is 12.6 Å². The van der Waals surface area contributed by atoms with Crippen LogP contribution in [0, 0.1) is 5.82 Å². The number of aromatic nitrogens is 2. The normalized spacial score (nSPS) is 16.1. The first-order valence-electron chi connectivity index (χ1n) is 6.79. The molecule has 6 heteroatoms. The molecule has 1 aromatic heterocycles. The standard InChI is InChI=1S/C14H17FN4O/c1-9(11-4-2-3-5-12(11)15)17-14-19-18-13(20-14)8-16-10-6-7-10/h2-5,9-10,16H,6-8H2,1H3,(H,17,19). The zero-order valence-corrected chi connectivity index (χ0v) is 11.3. The maximum absolute atomic E-state index is 13.6. The number of benzene rings is 1. The number of anilines is 1. The van der Waals surface area contributed by atoms with Crippen LogP contribution in [0.3, 0.4) is 0 Å². The summed E-state index contributed by atoms with van der Waals surface area (Å²) >= 11 is 0. The Morgan fingerprint density at radius 3 is 2.90 bits per heavy atom. The predicted octanol–water partition coefficient (Wildman–Crippen LogP) is 2.63. The van der Waals surface area contributed by atoms with Crippen molar-refractivity contribution in [1.82, 2.24) is 15.5 Å². The Hall–Kier alpha value is -1.95. The molecule has 1 heterocycles. The van der Waals surface area contributed by atoms with Gasteiger partial charge >= 0.3 is 6.01 Å². The summed E-state index contributed by atoms with van der Waals surface area (Å²) in [5.41, 5.74) is 0.573. The third kappa shape index (κ3) is 3.14. The Bertz CT molecular complexity index is 582. The van der Waals surface area contributed by atoms with Crippen LogP contribution in [0.4, 0.5) is 10.4 Å². The maximum Gasteiger partial charge on any atom is 0.315 e. The summed E-state index contributed by atoms with van der Waals surface area (Å²) in [6, 6.07) is 7.31. The van der Waals surface area contributed by atoms with Crippen LogP contribution in [-0.2, 0) is 6.54 Å². The molecule has 5 nitrogen and oxygen atoms in total. The van der Waals surface area contributed by atoms with Crippen molar-refractivity contribution >= 4 is 6.01 Å². The molecular weight excluding hydrogens is 259 g/mol. The van der Waals surface area contributed by atoms with Gasteiger partial charge in [0.25, 0.3) is 0 Å². The van der Waals surface area contributed by atoms with Gasteiger partial charge in [-0.3, -0.25) is 0 Å². The van der Waals surface area contributed by atoms with Crippen LogP contribution in [0.2, 0.25) is 0 Å². The molecule has 0 bridgehead atoms. The average molecular weight is 276 g/mol. The molecule has 0 spiro atoms. The largest absolute Gasteiger partial charge is 0.407 e. The topological polar surface area (TPSA) is 63.0 Å². The molecule has 1 fully saturated rings. The fourth-order valence-electron chi connectivity index (χ4n) is 1.99. The van der Waals surface area contributed by atoms with E-state index in [1.54, 1.807) is 18.2 Å². The van der Waals surface area contributed by atoms with E-state index in [0.717, 1.165) is 0 Å². The lowest BCUT2D eigenvalue weighted by atomic mass is 10.1. The third-order valence-electron chi connectivity index (χ3n) is 3.30. The predicted molar refractivity (Wildman–Crippen MR) is 72.6 cm³/mol. The van der Waals surface area contributed by atoms with Crippen molar-refractivity contribution in [2.45, 2.75) is 38.4 Å². The van der Waals surface area contributed by atoms with E-state index in [2.05, 4.69) is 20.8 Å². The van der Waals surface area contributed by atoms with Crippen molar-refractivity contribution in [1.29, 1.82) is 0 Å². The van der Waals surface area contributed by atoms with Crippen LogP contribution in [0.5, 0.6) is 0 Å². The molecule has 1 atom stereocenters. The summed E-state index contributed by atoms with van der Waals surface area (Å²) in [7, 11) is 0. The highest BCUT2D eigenvalue weighted by molar-refractivity contribution is 5.29. The summed E-state index contributed by atoms with van der Waals surface area (Å²) in [5, 5.41) is 14.2. The first-order valence-corrected chi connectivity index (χ1v) is 6.79. The lowest BCUT2D eigenvalue weighted by Crippen LogP contribution is -2.15. The molecule has 0 aliphatic heterocycles. The van der Waals surface area contributed by atoms with Crippen LogP contribution in [0.1, 0.15) is 37.3 Å². The number of nitrogens with zero attached hydrogens (tertiary/aromatic N) is 2. The van der Waals surface area contributed by atoms with Crippen LogP contribution in [0.25, 0.3) is 0 Å². The quantitative estimate of drug-likeness (QED) is 0.849. The molecule has 1 saturated carbocycles.